The Balaban J connectivity index is 2.44. The summed E-state index contributed by atoms with van der Waals surface area (Å²) in [5.41, 5.74) is 2.65. The van der Waals surface area contributed by atoms with Gasteiger partial charge in [-0.15, -0.1) is 0 Å². The Bertz CT molecular complexity index is 243. The normalized spacial score (nSPS) is 9.92. The van der Waals surface area contributed by atoms with E-state index in [4.69, 9.17) is 0 Å². The number of benzene rings is 1. The highest BCUT2D eigenvalue weighted by atomic mass is 14.0. The fraction of sp³-hybridized carbons (Fsp3) is 0.385. The largest absolute Gasteiger partial charge is 0.0985 e. The second-order valence-corrected chi connectivity index (χ2v) is 3.40. The number of hydrogen-bond donors (Lipinski definition) is 0. The maximum Gasteiger partial charge on any atom is -0.0262 e. The van der Waals surface area contributed by atoms with Crippen LogP contribution in [0.15, 0.2) is 30.8 Å². The van der Waals surface area contributed by atoms with E-state index in [1.165, 1.54) is 36.8 Å². The van der Waals surface area contributed by atoms with Crippen molar-refractivity contribution in [2.24, 2.45) is 0 Å². The lowest BCUT2D eigenvalue weighted by Crippen LogP contribution is -1.84. The van der Waals surface area contributed by atoms with Crippen molar-refractivity contribution < 1.29 is 0 Å². The highest BCUT2D eigenvalue weighted by molar-refractivity contribution is 5.47. The van der Waals surface area contributed by atoms with E-state index in [-0.39, 0.29) is 0 Å². The second-order valence-electron chi connectivity index (χ2n) is 3.40. The van der Waals surface area contributed by atoms with Crippen molar-refractivity contribution in [2.45, 2.75) is 32.6 Å². The Hall–Kier alpha value is -1.04. The molecule has 1 aromatic rings. The topological polar surface area (TPSA) is 0 Å². The molecule has 0 unspecified atom stereocenters. The summed E-state index contributed by atoms with van der Waals surface area (Å²) in [4.78, 5) is 0. The first-order chi connectivity index (χ1) is 6.36. The van der Waals surface area contributed by atoms with Crippen LogP contribution >= 0.6 is 0 Å². The van der Waals surface area contributed by atoms with E-state index in [1.54, 1.807) is 0 Å². The van der Waals surface area contributed by atoms with Gasteiger partial charge in [0.2, 0.25) is 0 Å². The third-order valence-corrected chi connectivity index (χ3v) is 2.28. The van der Waals surface area contributed by atoms with Crippen LogP contribution < -0.4 is 0 Å². The van der Waals surface area contributed by atoms with Crippen molar-refractivity contribution >= 4 is 6.08 Å². The monoisotopic (exact) mass is 174 g/mol. The van der Waals surface area contributed by atoms with Crippen LogP contribution in [-0.4, -0.2) is 0 Å². The van der Waals surface area contributed by atoms with Gasteiger partial charge in [0.15, 0.2) is 0 Å². The molecule has 0 aliphatic heterocycles. The van der Waals surface area contributed by atoms with Gasteiger partial charge in [-0.2, -0.15) is 0 Å². The highest BCUT2D eigenvalue weighted by Crippen LogP contribution is 2.09. The molecule has 0 spiro atoms. The Morgan fingerprint density at radius 2 is 1.85 bits per heavy atom. The van der Waals surface area contributed by atoms with E-state index < -0.39 is 0 Å². The van der Waals surface area contributed by atoms with Crippen LogP contribution in [0.4, 0.5) is 0 Å². The molecule has 70 valence electrons. The molecule has 0 aliphatic carbocycles. The zero-order chi connectivity index (χ0) is 9.52. The molecule has 0 heterocycles. The summed E-state index contributed by atoms with van der Waals surface area (Å²) >= 11 is 0. The summed E-state index contributed by atoms with van der Waals surface area (Å²) in [6.07, 6.45) is 7.04. The van der Waals surface area contributed by atoms with Crippen molar-refractivity contribution in [3.63, 3.8) is 0 Å². The minimum Gasteiger partial charge on any atom is -0.0985 e. The van der Waals surface area contributed by atoms with Crippen molar-refractivity contribution in [1.29, 1.82) is 0 Å². The van der Waals surface area contributed by atoms with Crippen LogP contribution in [0.3, 0.4) is 0 Å². The summed E-state index contributed by atoms with van der Waals surface area (Å²) in [7, 11) is 0. The van der Waals surface area contributed by atoms with Crippen molar-refractivity contribution in [2.75, 3.05) is 0 Å². The Labute approximate surface area is 81.3 Å². The molecular weight excluding hydrogens is 156 g/mol. The summed E-state index contributed by atoms with van der Waals surface area (Å²) in [6, 6.07) is 8.67. The van der Waals surface area contributed by atoms with Gasteiger partial charge in [0.05, 0.1) is 0 Å². The van der Waals surface area contributed by atoms with Gasteiger partial charge in [0, 0.05) is 0 Å². The number of unbranched alkanes of at least 4 members (excludes halogenated alkanes) is 2. The van der Waals surface area contributed by atoms with Gasteiger partial charge in [-0.05, 0) is 24.0 Å². The molecule has 0 atom stereocenters. The fourth-order valence-electron chi connectivity index (χ4n) is 1.40. The van der Waals surface area contributed by atoms with Gasteiger partial charge < -0.3 is 0 Å². The summed E-state index contributed by atoms with van der Waals surface area (Å²) in [6.45, 7) is 5.97. The molecule has 0 radical (unpaired) electrons. The first-order valence-electron chi connectivity index (χ1n) is 5.08. The summed E-state index contributed by atoms with van der Waals surface area (Å²) in [5.74, 6) is 0. The van der Waals surface area contributed by atoms with Gasteiger partial charge in [-0.25, -0.2) is 0 Å². The standard InChI is InChI=1S/C13H18/c1-3-5-6-7-13-10-8-12(4-2)9-11-13/h4,8-11H,2-3,5-7H2,1H3. The maximum atomic E-state index is 3.74. The molecule has 0 N–H and O–H groups in total. The average molecular weight is 174 g/mol. The van der Waals surface area contributed by atoms with E-state index >= 15 is 0 Å². The maximum absolute atomic E-state index is 3.74. The van der Waals surface area contributed by atoms with Gasteiger partial charge in [0.25, 0.3) is 0 Å². The molecule has 0 aromatic heterocycles. The Kier molecular flexibility index (Phi) is 4.31. The van der Waals surface area contributed by atoms with Gasteiger partial charge >= 0.3 is 0 Å². The second kappa shape index (κ2) is 5.58. The van der Waals surface area contributed by atoms with E-state index in [2.05, 4.69) is 37.8 Å². The number of aryl methyl sites for hydroxylation is 1. The van der Waals surface area contributed by atoms with E-state index in [0.717, 1.165) is 0 Å². The smallest absolute Gasteiger partial charge is 0.0262 e. The van der Waals surface area contributed by atoms with Crippen LogP contribution in [-0.2, 0) is 6.42 Å². The zero-order valence-corrected chi connectivity index (χ0v) is 8.42. The van der Waals surface area contributed by atoms with Crippen molar-refractivity contribution in [1.82, 2.24) is 0 Å². The fourth-order valence-corrected chi connectivity index (χ4v) is 1.40. The molecule has 0 bridgehead atoms. The van der Waals surface area contributed by atoms with Gasteiger partial charge in [0.1, 0.15) is 0 Å². The first-order valence-corrected chi connectivity index (χ1v) is 5.08. The van der Waals surface area contributed by atoms with E-state index in [1.807, 2.05) is 6.08 Å². The average Bonchev–Trinajstić information content (AvgIpc) is 2.19. The lowest BCUT2D eigenvalue weighted by Gasteiger charge is -2.00. The van der Waals surface area contributed by atoms with Crippen LogP contribution in [0.1, 0.15) is 37.3 Å². The summed E-state index contributed by atoms with van der Waals surface area (Å²) < 4.78 is 0. The molecule has 1 rings (SSSR count). The molecule has 0 fully saturated rings. The quantitative estimate of drug-likeness (QED) is 0.590. The Morgan fingerprint density at radius 3 is 2.38 bits per heavy atom. The van der Waals surface area contributed by atoms with Crippen LogP contribution in [0.25, 0.3) is 6.08 Å². The lowest BCUT2D eigenvalue weighted by molar-refractivity contribution is 0.717. The van der Waals surface area contributed by atoms with Crippen LogP contribution in [0.2, 0.25) is 0 Å². The predicted octanol–water partition coefficient (Wildman–Crippen LogP) is 4.06. The minimum atomic E-state index is 1.21. The molecule has 1 aromatic carbocycles. The highest BCUT2D eigenvalue weighted by Gasteiger charge is 1.92. The molecular formula is C13H18. The zero-order valence-electron chi connectivity index (χ0n) is 8.42. The van der Waals surface area contributed by atoms with Crippen LogP contribution in [0, 0.1) is 0 Å². The molecule has 0 saturated heterocycles. The Morgan fingerprint density at radius 1 is 1.15 bits per heavy atom. The predicted molar refractivity (Wildman–Crippen MR) is 59.8 cm³/mol. The minimum absolute atomic E-state index is 1.21. The third kappa shape index (κ3) is 3.45. The third-order valence-electron chi connectivity index (χ3n) is 2.28. The van der Waals surface area contributed by atoms with E-state index in [0.29, 0.717) is 0 Å². The summed E-state index contributed by atoms with van der Waals surface area (Å²) in [5, 5.41) is 0. The van der Waals surface area contributed by atoms with Crippen molar-refractivity contribution in [3.8, 4) is 0 Å². The molecule has 0 aliphatic rings. The van der Waals surface area contributed by atoms with Gasteiger partial charge in [-0.3, -0.25) is 0 Å². The van der Waals surface area contributed by atoms with E-state index in [9.17, 15) is 0 Å². The molecule has 0 heteroatoms. The molecule has 13 heavy (non-hydrogen) atoms. The first kappa shape index (κ1) is 10.0. The van der Waals surface area contributed by atoms with Crippen LogP contribution in [0.5, 0.6) is 0 Å². The lowest BCUT2D eigenvalue weighted by atomic mass is 10.1. The van der Waals surface area contributed by atoms with Crippen molar-refractivity contribution in [3.05, 3.63) is 42.0 Å². The number of hydrogen-bond acceptors (Lipinski definition) is 0. The molecule has 0 saturated carbocycles. The molecule has 0 nitrogen and oxygen atoms in total. The SMILES string of the molecule is C=Cc1ccc(CCCCC)cc1. The molecule has 0 amide bonds. The number of rotatable bonds is 5. The van der Waals surface area contributed by atoms with Gasteiger partial charge in [-0.1, -0.05) is 56.7 Å².